The molecule has 0 spiro atoms. The smallest absolute Gasteiger partial charge is 0.545 e. The van der Waals surface area contributed by atoms with Crippen molar-refractivity contribution in [1.29, 1.82) is 0 Å². The number of carbonyl (C=O) groups is 1. The molecule has 0 aromatic heterocycles. The molecule has 0 aliphatic rings. The third kappa shape index (κ3) is 3.01. The molecule has 0 aliphatic carbocycles. The van der Waals surface area contributed by atoms with E-state index >= 15 is 0 Å². The summed E-state index contributed by atoms with van der Waals surface area (Å²) in [6.07, 6.45) is 0. The number of aromatic carboxylic acids is 1. The molecule has 1 aromatic rings. The van der Waals surface area contributed by atoms with Crippen molar-refractivity contribution in [1.82, 2.24) is 0 Å². The Kier molecular flexibility index (Phi) is 6.05. The Morgan fingerprint density at radius 2 is 1.93 bits per heavy atom. The van der Waals surface area contributed by atoms with Crippen molar-refractivity contribution >= 4 is 17.6 Å². The molecule has 0 saturated heterocycles. The first kappa shape index (κ1) is 14.6. The monoisotopic (exact) mass is 238 g/mol. The van der Waals surface area contributed by atoms with E-state index in [4.69, 9.17) is 21.1 Å². The summed E-state index contributed by atoms with van der Waals surface area (Å²) >= 11 is 5.73. The van der Waals surface area contributed by atoms with Crippen molar-refractivity contribution in [2.24, 2.45) is 0 Å². The van der Waals surface area contributed by atoms with E-state index in [-0.39, 0.29) is 51.6 Å². The number of benzene rings is 1. The summed E-state index contributed by atoms with van der Waals surface area (Å²) in [6.45, 7) is 0. The van der Waals surface area contributed by atoms with Crippen LogP contribution in [0.2, 0.25) is 5.02 Å². The van der Waals surface area contributed by atoms with E-state index < -0.39 is 5.97 Å². The quantitative estimate of drug-likeness (QED) is 0.557. The maximum atomic E-state index is 10.8. The van der Waals surface area contributed by atoms with E-state index in [0.29, 0.717) is 0 Å². The molecular formula is C9H8ClNaO4. The molecule has 0 aliphatic heterocycles. The third-order valence-corrected chi connectivity index (χ3v) is 2.00. The minimum absolute atomic E-state index is 0. The first-order chi connectivity index (χ1) is 6.61. The zero-order chi connectivity index (χ0) is 10.7. The molecule has 4 nitrogen and oxygen atoms in total. The van der Waals surface area contributed by atoms with Crippen molar-refractivity contribution in [3.63, 3.8) is 0 Å². The van der Waals surface area contributed by atoms with Gasteiger partial charge in [0, 0.05) is 0 Å². The number of methoxy groups -OCH3 is 2. The number of hydrogen-bond acceptors (Lipinski definition) is 4. The molecule has 6 heteroatoms. The number of hydrogen-bond donors (Lipinski definition) is 0. The van der Waals surface area contributed by atoms with Gasteiger partial charge >= 0.3 is 29.6 Å². The molecule has 0 atom stereocenters. The number of carbonyl (C=O) groups excluding carboxylic acids is 1. The number of carboxylic acid groups (broad SMARTS) is 1. The van der Waals surface area contributed by atoms with Crippen LogP contribution in [0.1, 0.15) is 10.4 Å². The van der Waals surface area contributed by atoms with Crippen LogP contribution in [-0.2, 0) is 0 Å². The van der Waals surface area contributed by atoms with Gasteiger partial charge in [-0.2, -0.15) is 0 Å². The Morgan fingerprint density at radius 3 is 2.33 bits per heavy atom. The van der Waals surface area contributed by atoms with E-state index in [9.17, 15) is 9.90 Å². The largest absolute Gasteiger partial charge is 1.00 e. The van der Waals surface area contributed by atoms with Crippen molar-refractivity contribution in [2.45, 2.75) is 0 Å². The number of carboxylic acids is 1. The maximum Gasteiger partial charge on any atom is 1.00 e. The summed E-state index contributed by atoms with van der Waals surface area (Å²) < 4.78 is 9.69. The zero-order valence-corrected chi connectivity index (χ0v) is 11.4. The molecule has 1 rings (SSSR count). The van der Waals surface area contributed by atoms with Gasteiger partial charge in [-0.3, -0.25) is 0 Å². The second-order valence-electron chi connectivity index (χ2n) is 2.45. The summed E-state index contributed by atoms with van der Waals surface area (Å²) in [6, 6.07) is 2.93. The van der Waals surface area contributed by atoms with E-state index in [0.717, 1.165) is 0 Å². The molecule has 0 radical (unpaired) electrons. The fraction of sp³-hybridized carbons (Fsp3) is 0.222. The SMILES string of the molecule is COc1ccc(Cl)c(OC)c1C(=O)[O-].[Na+]. The molecule has 1 aromatic carbocycles. The fourth-order valence-electron chi connectivity index (χ4n) is 1.10. The van der Waals surface area contributed by atoms with Crippen LogP contribution in [0.5, 0.6) is 11.5 Å². The first-order valence-electron chi connectivity index (χ1n) is 3.73. The van der Waals surface area contributed by atoms with Crippen molar-refractivity contribution in [2.75, 3.05) is 14.2 Å². The number of halogens is 1. The minimum Gasteiger partial charge on any atom is -0.545 e. The van der Waals surface area contributed by atoms with E-state index in [1.54, 1.807) is 0 Å². The molecule has 0 bridgehead atoms. The van der Waals surface area contributed by atoms with Gasteiger partial charge in [0.05, 0.1) is 30.8 Å². The Balaban J connectivity index is 0.00000196. The van der Waals surface area contributed by atoms with Gasteiger partial charge in [0.25, 0.3) is 0 Å². The van der Waals surface area contributed by atoms with Crippen LogP contribution in [0.4, 0.5) is 0 Å². The van der Waals surface area contributed by atoms with E-state index in [1.165, 1.54) is 26.4 Å². The number of rotatable bonds is 3. The molecule has 0 amide bonds. The molecule has 0 unspecified atom stereocenters. The Bertz CT molecular complexity index is 367. The summed E-state index contributed by atoms with van der Waals surface area (Å²) in [4.78, 5) is 10.8. The molecule has 15 heavy (non-hydrogen) atoms. The molecule has 0 saturated carbocycles. The Labute approximate surface area is 114 Å². The van der Waals surface area contributed by atoms with Gasteiger partial charge in [-0.15, -0.1) is 0 Å². The van der Waals surface area contributed by atoms with Gasteiger partial charge in [0.1, 0.15) is 11.5 Å². The van der Waals surface area contributed by atoms with Gasteiger partial charge in [-0.1, -0.05) is 11.6 Å². The van der Waals surface area contributed by atoms with Gasteiger partial charge in [-0.05, 0) is 12.1 Å². The Morgan fingerprint density at radius 1 is 1.33 bits per heavy atom. The standard InChI is InChI=1S/C9H9ClO4.Na/c1-13-6-4-3-5(10)8(14-2)7(6)9(11)12;/h3-4H,1-2H3,(H,11,12);/q;+1/p-1. The summed E-state index contributed by atoms with van der Waals surface area (Å²) in [5, 5.41) is 11.0. The van der Waals surface area contributed by atoms with Gasteiger partial charge < -0.3 is 19.4 Å². The summed E-state index contributed by atoms with van der Waals surface area (Å²) in [7, 11) is 2.68. The fourth-order valence-corrected chi connectivity index (χ4v) is 1.34. The summed E-state index contributed by atoms with van der Waals surface area (Å²) in [5.41, 5.74) is -0.178. The van der Waals surface area contributed by atoms with Gasteiger partial charge in [0.15, 0.2) is 0 Å². The van der Waals surface area contributed by atoms with Gasteiger partial charge in [0.2, 0.25) is 0 Å². The van der Waals surface area contributed by atoms with Crippen LogP contribution >= 0.6 is 11.6 Å². The first-order valence-corrected chi connectivity index (χ1v) is 4.11. The van der Waals surface area contributed by atoms with E-state index in [1.807, 2.05) is 0 Å². The van der Waals surface area contributed by atoms with Gasteiger partial charge in [-0.25, -0.2) is 0 Å². The van der Waals surface area contributed by atoms with Crippen molar-refractivity contribution < 1.29 is 48.9 Å². The number of ether oxygens (including phenoxy) is 2. The van der Waals surface area contributed by atoms with Crippen molar-refractivity contribution in [3.8, 4) is 11.5 Å². The van der Waals surface area contributed by atoms with Crippen LogP contribution in [0.25, 0.3) is 0 Å². The van der Waals surface area contributed by atoms with Crippen LogP contribution in [0.15, 0.2) is 12.1 Å². The Hall–Kier alpha value is -0.420. The molecular weight excluding hydrogens is 231 g/mol. The second kappa shape index (κ2) is 6.23. The topological polar surface area (TPSA) is 58.6 Å². The zero-order valence-electron chi connectivity index (χ0n) is 8.67. The second-order valence-corrected chi connectivity index (χ2v) is 2.85. The van der Waals surface area contributed by atoms with Crippen LogP contribution in [0.3, 0.4) is 0 Å². The van der Waals surface area contributed by atoms with E-state index in [2.05, 4.69) is 0 Å². The average molecular weight is 239 g/mol. The maximum absolute atomic E-state index is 10.8. The predicted octanol–water partition coefficient (Wildman–Crippen LogP) is -2.28. The minimum atomic E-state index is -1.39. The van der Waals surface area contributed by atoms with Crippen LogP contribution in [-0.4, -0.2) is 20.2 Å². The molecule has 0 N–H and O–H groups in total. The molecule has 76 valence electrons. The van der Waals surface area contributed by atoms with Crippen LogP contribution in [0, 0.1) is 0 Å². The third-order valence-electron chi connectivity index (χ3n) is 1.70. The normalized spacial score (nSPS) is 9.00. The molecule has 0 heterocycles. The molecule has 0 fully saturated rings. The van der Waals surface area contributed by atoms with Crippen molar-refractivity contribution in [3.05, 3.63) is 22.7 Å². The summed E-state index contributed by atoms with van der Waals surface area (Å²) in [5.74, 6) is -1.18. The average Bonchev–Trinajstić information content (AvgIpc) is 2.17. The van der Waals surface area contributed by atoms with Crippen LogP contribution < -0.4 is 44.1 Å². The predicted molar refractivity (Wildman–Crippen MR) is 48.9 cm³/mol.